The lowest BCUT2D eigenvalue weighted by molar-refractivity contribution is 0.281. The molecule has 0 atom stereocenters. The first-order valence-corrected chi connectivity index (χ1v) is 6.52. The molecule has 0 bridgehead atoms. The van der Waals surface area contributed by atoms with Gasteiger partial charge in [0, 0.05) is 17.3 Å². The van der Waals surface area contributed by atoms with E-state index in [1.54, 1.807) is 10.9 Å². The zero-order valence-electron chi connectivity index (χ0n) is 10.7. The molecule has 5 heteroatoms. The largest absolute Gasteiger partial charge is 0.392 e. The van der Waals surface area contributed by atoms with Gasteiger partial charge in [-0.05, 0) is 33.6 Å². The lowest BCUT2D eigenvalue weighted by atomic mass is 9.91. The van der Waals surface area contributed by atoms with Crippen LogP contribution in [-0.2, 0) is 12.0 Å². The number of hydrogen-bond acceptors (Lipinski definition) is 3. The smallest absolute Gasteiger partial charge is 0.153 e. The summed E-state index contributed by atoms with van der Waals surface area (Å²) in [5.41, 5.74) is 1.72. The lowest BCUT2D eigenvalue weighted by Gasteiger charge is -2.19. The highest BCUT2D eigenvalue weighted by Crippen LogP contribution is 2.23. The van der Waals surface area contributed by atoms with Gasteiger partial charge in [0.2, 0.25) is 0 Å². The second-order valence-electron chi connectivity index (χ2n) is 5.23. The fourth-order valence-corrected chi connectivity index (χ4v) is 1.88. The molecule has 96 valence electrons. The second kappa shape index (κ2) is 4.82. The van der Waals surface area contributed by atoms with Crippen molar-refractivity contribution >= 4 is 15.9 Å². The summed E-state index contributed by atoms with van der Waals surface area (Å²) in [6, 6.07) is 3.77. The van der Waals surface area contributed by atoms with Crippen LogP contribution in [0.1, 0.15) is 32.0 Å². The first kappa shape index (κ1) is 13.2. The normalized spacial score (nSPS) is 11.8. The van der Waals surface area contributed by atoms with Gasteiger partial charge in [-0.3, -0.25) is 0 Å². The van der Waals surface area contributed by atoms with Gasteiger partial charge in [-0.15, -0.1) is 0 Å². The second-order valence-corrected chi connectivity index (χ2v) is 6.15. The molecule has 2 aromatic rings. The molecule has 0 fully saturated rings. The summed E-state index contributed by atoms with van der Waals surface area (Å²) >= 11 is 3.36. The van der Waals surface area contributed by atoms with Crippen molar-refractivity contribution in [3.05, 3.63) is 40.3 Å². The lowest BCUT2D eigenvalue weighted by Crippen LogP contribution is -2.16. The molecule has 1 N–H and O–H groups in total. The third kappa shape index (κ3) is 2.79. The molecule has 0 unspecified atom stereocenters. The highest BCUT2D eigenvalue weighted by atomic mass is 79.9. The van der Waals surface area contributed by atoms with Gasteiger partial charge in [0.05, 0.1) is 17.3 Å². The van der Waals surface area contributed by atoms with Crippen molar-refractivity contribution in [3.63, 3.8) is 0 Å². The summed E-state index contributed by atoms with van der Waals surface area (Å²) in [7, 11) is 0. The average Bonchev–Trinajstić information content (AvgIpc) is 2.74. The van der Waals surface area contributed by atoms with Gasteiger partial charge in [0.15, 0.2) is 5.82 Å². The van der Waals surface area contributed by atoms with Crippen LogP contribution in [0.15, 0.2) is 29.0 Å². The summed E-state index contributed by atoms with van der Waals surface area (Å²) < 4.78 is 2.59. The van der Waals surface area contributed by atoms with E-state index in [2.05, 4.69) is 46.8 Å². The molecule has 4 nitrogen and oxygen atoms in total. The van der Waals surface area contributed by atoms with E-state index >= 15 is 0 Å². The Hall–Kier alpha value is -1.20. The molecule has 0 aliphatic rings. The standard InChI is InChI=1S/C13H16BrN3O/c1-13(2,3)11-4-9(8-18)5-12(16-11)17-7-10(14)6-15-17/h4-7,18H,8H2,1-3H3. The Labute approximate surface area is 115 Å². The number of pyridine rings is 1. The van der Waals surface area contributed by atoms with E-state index < -0.39 is 0 Å². The Bertz CT molecular complexity index is 558. The minimum atomic E-state index is -0.0652. The topological polar surface area (TPSA) is 50.9 Å². The molecule has 0 spiro atoms. The minimum absolute atomic E-state index is 0.00103. The molecule has 18 heavy (non-hydrogen) atoms. The maximum absolute atomic E-state index is 9.34. The molecule has 0 saturated carbocycles. The van der Waals surface area contributed by atoms with E-state index in [1.165, 1.54) is 0 Å². The van der Waals surface area contributed by atoms with Crippen LogP contribution in [-0.4, -0.2) is 19.9 Å². The molecule has 2 rings (SSSR count). The number of aliphatic hydroxyl groups excluding tert-OH is 1. The van der Waals surface area contributed by atoms with E-state index in [9.17, 15) is 5.11 Å². The Morgan fingerprint density at radius 2 is 2.06 bits per heavy atom. The Morgan fingerprint density at radius 1 is 1.33 bits per heavy atom. The van der Waals surface area contributed by atoms with Crippen molar-refractivity contribution in [2.24, 2.45) is 0 Å². The summed E-state index contributed by atoms with van der Waals surface area (Å²) in [5.74, 6) is 0.720. The first-order chi connectivity index (χ1) is 8.40. The van der Waals surface area contributed by atoms with Gasteiger partial charge in [-0.2, -0.15) is 5.10 Å². The molecule has 0 amide bonds. The Balaban J connectivity index is 2.54. The van der Waals surface area contributed by atoms with Crippen LogP contribution in [0.3, 0.4) is 0 Å². The highest BCUT2D eigenvalue weighted by Gasteiger charge is 2.17. The van der Waals surface area contributed by atoms with E-state index in [1.807, 2.05) is 18.3 Å². The first-order valence-electron chi connectivity index (χ1n) is 5.73. The van der Waals surface area contributed by atoms with Crippen LogP contribution in [0.2, 0.25) is 0 Å². The molecular weight excluding hydrogens is 294 g/mol. The van der Waals surface area contributed by atoms with Crippen LogP contribution in [0.4, 0.5) is 0 Å². The summed E-state index contributed by atoms with van der Waals surface area (Å²) in [5, 5.41) is 13.5. The fourth-order valence-electron chi connectivity index (χ4n) is 1.59. The molecule has 2 aromatic heterocycles. The van der Waals surface area contributed by atoms with Crippen molar-refractivity contribution < 1.29 is 5.11 Å². The quantitative estimate of drug-likeness (QED) is 0.928. The van der Waals surface area contributed by atoms with Crippen LogP contribution < -0.4 is 0 Å². The number of halogens is 1. The molecule has 0 aliphatic heterocycles. The average molecular weight is 310 g/mol. The van der Waals surface area contributed by atoms with Gasteiger partial charge in [0.1, 0.15) is 0 Å². The van der Waals surface area contributed by atoms with E-state index in [0.717, 1.165) is 21.5 Å². The summed E-state index contributed by atoms with van der Waals surface area (Å²) in [4.78, 5) is 4.60. The number of aromatic nitrogens is 3. The zero-order valence-corrected chi connectivity index (χ0v) is 12.3. The predicted molar refractivity (Wildman–Crippen MR) is 73.7 cm³/mol. The Morgan fingerprint density at radius 3 is 2.56 bits per heavy atom. The monoisotopic (exact) mass is 309 g/mol. The van der Waals surface area contributed by atoms with Crippen molar-refractivity contribution in [3.8, 4) is 5.82 Å². The van der Waals surface area contributed by atoms with Crippen molar-refractivity contribution in [2.45, 2.75) is 32.8 Å². The van der Waals surface area contributed by atoms with E-state index in [-0.39, 0.29) is 12.0 Å². The number of nitrogens with zero attached hydrogens (tertiary/aromatic N) is 3. The Kier molecular flexibility index (Phi) is 3.54. The molecular formula is C13H16BrN3O. The van der Waals surface area contributed by atoms with Crippen LogP contribution in [0.5, 0.6) is 0 Å². The van der Waals surface area contributed by atoms with E-state index in [4.69, 9.17) is 0 Å². The van der Waals surface area contributed by atoms with Crippen molar-refractivity contribution in [1.82, 2.24) is 14.8 Å². The van der Waals surface area contributed by atoms with Gasteiger partial charge in [-0.1, -0.05) is 20.8 Å². The van der Waals surface area contributed by atoms with Crippen LogP contribution >= 0.6 is 15.9 Å². The molecule has 0 saturated heterocycles. The maximum atomic E-state index is 9.34. The number of rotatable bonds is 2. The SMILES string of the molecule is CC(C)(C)c1cc(CO)cc(-n2cc(Br)cn2)n1. The number of hydrogen-bond donors (Lipinski definition) is 1. The molecule has 2 heterocycles. The minimum Gasteiger partial charge on any atom is -0.392 e. The van der Waals surface area contributed by atoms with Gasteiger partial charge in [0.25, 0.3) is 0 Å². The molecule has 0 aromatic carbocycles. The fraction of sp³-hybridized carbons (Fsp3) is 0.385. The molecule has 0 radical (unpaired) electrons. The highest BCUT2D eigenvalue weighted by molar-refractivity contribution is 9.10. The van der Waals surface area contributed by atoms with Gasteiger partial charge in [-0.25, -0.2) is 9.67 Å². The predicted octanol–water partition coefficient (Wildman–Crippen LogP) is 2.82. The summed E-state index contributed by atoms with van der Waals surface area (Å²) in [6.07, 6.45) is 3.56. The third-order valence-corrected chi connectivity index (χ3v) is 3.02. The third-order valence-electron chi connectivity index (χ3n) is 2.61. The van der Waals surface area contributed by atoms with Gasteiger partial charge >= 0.3 is 0 Å². The van der Waals surface area contributed by atoms with Crippen molar-refractivity contribution in [2.75, 3.05) is 0 Å². The van der Waals surface area contributed by atoms with E-state index in [0.29, 0.717) is 0 Å². The molecule has 0 aliphatic carbocycles. The summed E-state index contributed by atoms with van der Waals surface area (Å²) in [6.45, 7) is 6.29. The zero-order chi connectivity index (χ0) is 13.3. The van der Waals surface area contributed by atoms with Crippen molar-refractivity contribution in [1.29, 1.82) is 0 Å². The van der Waals surface area contributed by atoms with Crippen LogP contribution in [0, 0.1) is 0 Å². The maximum Gasteiger partial charge on any atom is 0.153 e. The van der Waals surface area contributed by atoms with Crippen LogP contribution in [0.25, 0.3) is 5.82 Å². The van der Waals surface area contributed by atoms with Gasteiger partial charge < -0.3 is 5.11 Å². The number of aliphatic hydroxyl groups is 1.